The van der Waals surface area contributed by atoms with Crippen molar-refractivity contribution in [2.75, 3.05) is 5.32 Å². The van der Waals surface area contributed by atoms with Crippen LogP contribution in [0.3, 0.4) is 0 Å². The van der Waals surface area contributed by atoms with Crippen molar-refractivity contribution in [2.45, 2.75) is 38.6 Å². The Morgan fingerprint density at radius 3 is 2.25 bits per heavy atom. The Morgan fingerprint density at radius 2 is 1.61 bits per heavy atom. The summed E-state index contributed by atoms with van der Waals surface area (Å²) in [5, 5.41) is 4.18. The molecular formula is C25H26ClNO. The van der Waals surface area contributed by atoms with E-state index in [-0.39, 0.29) is 11.8 Å². The number of benzene rings is 3. The molecule has 0 bridgehead atoms. The van der Waals surface area contributed by atoms with Gasteiger partial charge in [-0.25, -0.2) is 0 Å². The van der Waals surface area contributed by atoms with Crippen LogP contribution in [0.25, 0.3) is 0 Å². The highest BCUT2D eigenvalue weighted by Gasteiger charge is 2.17. The molecule has 0 aliphatic heterocycles. The molecule has 0 radical (unpaired) electrons. The van der Waals surface area contributed by atoms with E-state index in [1.54, 1.807) is 24.3 Å². The SMILES string of the molecule is CCCCc1ccc(N[C@@H](CC(=O)c2ccc(Cl)cc2)c2ccccc2)cc1. The summed E-state index contributed by atoms with van der Waals surface area (Å²) in [5.41, 5.74) is 4.15. The Morgan fingerprint density at radius 1 is 0.929 bits per heavy atom. The van der Waals surface area contributed by atoms with Gasteiger partial charge in [-0.05, 0) is 60.4 Å². The lowest BCUT2D eigenvalue weighted by atomic mass is 9.97. The highest BCUT2D eigenvalue weighted by atomic mass is 35.5. The number of ketones is 1. The van der Waals surface area contributed by atoms with Crippen molar-refractivity contribution in [2.24, 2.45) is 0 Å². The number of halogens is 1. The first-order chi connectivity index (χ1) is 13.7. The minimum absolute atomic E-state index is 0.0918. The van der Waals surface area contributed by atoms with Gasteiger partial charge in [0.15, 0.2) is 5.78 Å². The van der Waals surface area contributed by atoms with E-state index in [9.17, 15) is 4.79 Å². The van der Waals surface area contributed by atoms with Crippen LogP contribution >= 0.6 is 11.6 Å². The molecule has 144 valence electrons. The van der Waals surface area contributed by atoms with Crippen LogP contribution in [0.1, 0.15) is 53.7 Å². The monoisotopic (exact) mass is 391 g/mol. The maximum absolute atomic E-state index is 12.8. The lowest BCUT2D eigenvalue weighted by molar-refractivity contribution is 0.0976. The normalized spacial score (nSPS) is 11.8. The molecule has 1 N–H and O–H groups in total. The Bertz CT molecular complexity index is 873. The number of aryl methyl sites for hydroxylation is 1. The van der Waals surface area contributed by atoms with E-state index in [1.807, 2.05) is 18.2 Å². The third-order valence-electron chi connectivity index (χ3n) is 4.87. The van der Waals surface area contributed by atoms with Crippen LogP contribution in [-0.4, -0.2) is 5.78 Å². The van der Waals surface area contributed by atoms with Gasteiger partial charge in [-0.15, -0.1) is 0 Å². The number of hydrogen-bond donors (Lipinski definition) is 1. The lowest BCUT2D eigenvalue weighted by Crippen LogP contribution is -2.15. The number of anilines is 1. The van der Waals surface area contributed by atoms with Gasteiger partial charge in [0.1, 0.15) is 0 Å². The number of hydrogen-bond acceptors (Lipinski definition) is 2. The fourth-order valence-electron chi connectivity index (χ4n) is 3.23. The van der Waals surface area contributed by atoms with E-state index in [2.05, 4.69) is 48.6 Å². The van der Waals surface area contributed by atoms with Gasteiger partial charge in [-0.1, -0.05) is 67.4 Å². The van der Waals surface area contributed by atoms with E-state index >= 15 is 0 Å². The van der Waals surface area contributed by atoms with E-state index in [0.717, 1.165) is 17.7 Å². The van der Waals surface area contributed by atoms with Crippen molar-refractivity contribution in [3.05, 3.63) is 101 Å². The fraction of sp³-hybridized carbons (Fsp3) is 0.240. The zero-order chi connectivity index (χ0) is 19.8. The quantitative estimate of drug-likeness (QED) is 0.394. The second kappa shape index (κ2) is 10.1. The molecule has 0 aliphatic carbocycles. The molecule has 0 aliphatic rings. The Labute approximate surface area is 172 Å². The Hall–Kier alpha value is -2.58. The van der Waals surface area contributed by atoms with Gasteiger partial charge in [-0.2, -0.15) is 0 Å². The number of unbranched alkanes of at least 4 members (excludes halogenated alkanes) is 1. The first-order valence-corrected chi connectivity index (χ1v) is 10.2. The Balaban J connectivity index is 1.76. The van der Waals surface area contributed by atoms with Crippen LogP contribution in [0.2, 0.25) is 5.02 Å². The third kappa shape index (κ3) is 5.71. The van der Waals surface area contributed by atoms with Gasteiger partial charge in [0.25, 0.3) is 0 Å². The predicted octanol–water partition coefficient (Wildman–Crippen LogP) is 7.11. The van der Waals surface area contributed by atoms with Gasteiger partial charge < -0.3 is 5.32 Å². The van der Waals surface area contributed by atoms with Gasteiger partial charge in [0.2, 0.25) is 0 Å². The maximum Gasteiger partial charge on any atom is 0.165 e. The Kier molecular flexibility index (Phi) is 7.27. The number of carbonyl (C=O) groups excluding carboxylic acids is 1. The minimum Gasteiger partial charge on any atom is -0.378 e. The summed E-state index contributed by atoms with van der Waals surface area (Å²) in [6.45, 7) is 2.21. The van der Waals surface area contributed by atoms with Crippen molar-refractivity contribution in [3.8, 4) is 0 Å². The number of carbonyl (C=O) groups is 1. The molecule has 0 saturated heterocycles. The molecule has 0 aromatic heterocycles. The molecule has 28 heavy (non-hydrogen) atoms. The molecule has 0 unspecified atom stereocenters. The van der Waals surface area contributed by atoms with Crippen LogP contribution in [-0.2, 0) is 6.42 Å². The van der Waals surface area contributed by atoms with Crippen molar-refractivity contribution >= 4 is 23.1 Å². The molecule has 3 rings (SSSR count). The zero-order valence-corrected chi connectivity index (χ0v) is 17.0. The molecule has 0 spiro atoms. The lowest BCUT2D eigenvalue weighted by Gasteiger charge is -2.20. The van der Waals surface area contributed by atoms with Crippen LogP contribution in [0.4, 0.5) is 5.69 Å². The predicted molar refractivity (Wildman–Crippen MR) is 118 cm³/mol. The number of nitrogens with one attached hydrogen (secondary N) is 1. The van der Waals surface area contributed by atoms with Crippen LogP contribution in [0, 0.1) is 0 Å². The summed E-state index contributed by atoms with van der Waals surface area (Å²) in [4.78, 5) is 12.8. The average molecular weight is 392 g/mol. The van der Waals surface area contributed by atoms with E-state index in [0.29, 0.717) is 17.0 Å². The molecule has 3 aromatic rings. The summed E-state index contributed by atoms with van der Waals surface area (Å²) in [7, 11) is 0. The molecular weight excluding hydrogens is 366 g/mol. The topological polar surface area (TPSA) is 29.1 Å². The summed E-state index contributed by atoms with van der Waals surface area (Å²) < 4.78 is 0. The second-order valence-electron chi connectivity index (χ2n) is 7.04. The summed E-state index contributed by atoms with van der Waals surface area (Å²) in [6.07, 6.45) is 3.88. The molecule has 0 fully saturated rings. The van der Waals surface area contributed by atoms with Gasteiger partial charge in [0, 0.05) is 22.7 Å². The first-order valence-electron chi connectivity index (χ1n) is 9.85. The molecule has 0 saturated carbocycles. The third-order valence-corrected chi connectivity index (χ3v) is 5.12. The van der Waals surface area contributed by atoms with Crippen LogP contribution in [0.5, 0.6) is 0 Å². The van der Waals surface area contributed by atoms with E-state index in [4.69, 9.17) is 11.6 Å². The second-order valence-corrected chi connectivity index (χ2v) is 7.48. The minimum atomic E-state index is -0.0918. The molecule has 0 amide bonds. The maximum atomic E-state index is 12.8. The van der Waals surface area contributed by atoms with E-state index in [1.165, 1.54) is 18.4 Å². The van der Waals surface area contributed by atoms with Crippen molar-refractivity contribution in [1.29, 1.82) is 0 Å². The summed E-state index contributed by atoms with van der Waals surface area (Å²) >= 11 is 5.95. The van der Waals surface area contributed by atoms with Gasteiger partial charge >= 0.3 is 0 Å². The highest BCUT2D eigenvalue weighted by molar-refractivity contribution is 6.30. The summed E-state index contributed by atoms with van der Waals surface area (Å²) in [5.74, 6) is 0.0950. The van der Waals surface area contributed by atoms with Crippen molar-refractivity contribution in [1.82, 2.24) is 0 Å². The fourth-order valence-corrected chi connectivity index (χ4v) is 3.35. The highest BCUT2D eigenvalue weighted by Crippen LogP contribution is 2.25. The van der Waals surface area contributed by atoms with Crippen LogP contribution in [0.15, 0.2) is 78.9 Å². The standard InChI is InChI=1S/C25H26ClNO/c1-2-3-7-19-10-16-23(17-11-19)27-24(20-8-5-4-6-9-20)18-25(28)21-12-14-22(26)15-13-21/h4-6,8-17,24,27H,2-3,7,18H2,1H3/t24-/m0/s1. The molecule has 0 heterocycles. The van der Waals surface area contributed by atoms with Crippen molar-refractivity contribution in [3.63, 3.8) is 0 Å². The molecule has 3 aromatic carbocycles. The largest absolute Gasteiger partial charge is 0.378 e. The average Bonchev–Trinajstić information content (AvgIpc) is 2.74. The first kappa shape index (κ1) is 20.2. The zero-order valence-electron chi connectivity index (χ0n) is 16.2. The van der Waals surface area contributed by atoms with Crippen LogP contribution < -0.4 is 5.32 Å². The number of rotatable bonds is 9. The molecule has 2 nitrogen and oxygen atoms in total. The van der Waals surface area contributed by atoms with Gasteiger partial charge in [0.05, 0.1) is 6.04 Å². The van der Waals surface area contributed by atoms with E-state index < -0.39 is 0 Å². The van der Waals surface area contributed by atoms with Crippen molar-refractivity contribution < 1.29 is 4.79 Å². The molecule has 3 heteroatoms. The molecule has 1 atom stereocenters. The number of Topliss-reactive ketones (excluding diaryl/α,β-unsaturated/α-hetero) is 1. The summed E-state index contributed by atoms with van der Waals surface area (Å²) in [6, 6.07) is 25.7. The van der Waals surface area contributed by atoms with Gasteiger partial charge in [-0.3, -0.25) is 4.79 Å². The smallest absolute Gasteiger partial charge is 0.165 e.